The van der Waals surface area contributed by atoms with E-state index in [9.17, 15) is 9.90 Å². The number of carboxylic acids is 1. The summed E-state index contributed by atoms with van der Waals surface area (Å²) in [6, 6.07) is 7.99. The lowest BCUT2D eigenvalue weighted by atomic mass is 9.87. The predicted octanol–water partition coefficient (Wildman–Crippen LogP) is 4.29. The van der Waals surface area contributed by atoms with Crippen molar-refractivity contribution in [2.24, 2.45) is 5.92 Å². The Kier molecular flexibility index (Phi) is 5.14. The molecule has 0 saturated carbocycles. The van der Waals surface area contributed by atoms with Crippen molar-refractivity contribution in [2.75, 3.05) is 0 Å². The Labute approximate surface area is 109 Å². The maximum atomic E-state index is 11.5. The maximum absolute atomic E-state index is 11.5. The third-order valence-corrected chi connectivity index (χ3v) is 3.48. The molecule has 0 fully saturated rings. The second-order valence-electron chi connectivity index (χ2n) is 4.68. The fraction of sp³-hybridized carbons (Fsp3) is 0.438. The van der Waals surface area contributed by atoms with Gasteiger partial charge in [-0.15, -0.1) is 0 Å². The first-order valence-electron chi connectivity index (χ1n) is 6.55. The Bertz CT molecular complexity index is 458. The van der Waals surface area contributed by atoms with Gasteiger partial charge in [0.1, 0.15) is 0 Å². The van der Waals surface area contributed by atoms with Crippen LogP contribution in [0.2, 0.25) is 0 Å². The fourth-order valence-electron chi connectivity index (χ4n) is 2.28. The Hall–Kier alpha value is -1.57. The van der Waals surface area contributed by atoms with Crippen molar-refractivity contribution in [3.8, 4) is 0 Å². The summed E-state index contributed by atoms with van der Waals surface area (Å²) in [5.41, 5.74) is 3.73. The van der Waals surface area contributed by atoms with Gasteiger partial charge in [-0.25, -0.2) is 4.79 Å². The highest BCUT2D eigenvalue weighted by Gasteiger charge is 2.20. The van der Waals surface area contributed by atoms with Gasteiger partial charge in [0.2, 0.25) is 0 Å². The predicted molar refractivity (Wildman–Crippen MR) is 75.5 cm³/mol. The topological polar surface area (TPSA) is 37.3 Å². The summed E-state index contributed by atoms with van der Waals surface area (Å²) in [6.45, 7) is 8.06. The van der Waals surface area contributed by atoms with E-state index in [1.165, 1.54) is 0 Å². The smallest absolute Gasteiger partial charge is 0.332 e. The molecule has 1 aromatic carbocycles. The van der Waals surface area contributed by atoms with Crippen LogP contribution in [0, 0.1) is 12.8 Å². The quantitative estimate of drug-likeness (QED) is 0.787. The van der Waals surface area contributed by atoms with Crippen LogP contribution in [0.15, 0.2) is 29.8 Å². The van der Waals surface area contributed by atoms with E-state index in [0.29, 0.717) is 5.57 Å². The molecular formula is C16H22O2. The molecular weight excluding hydrogens is 224 g/mol. The first-order valence-corrected chi connectivity index (χ1v) is 6.55. The monoisotopic (exact) mass is 246 g/mol. The van der Waals surface area contributed by atoms with Crippen LogP contribution >= 0.6 is 0 Å². The lowest BCUT2D eigenvalue weighted by Crippen LogP contribution is -2.12. The molecule has 98 valence electrons. The van der Waals surface area contributed by atoms with Crippen molar-refractivity contribution in [1.82, 2.24) is 0 Å². The molecule has 2 heteroatoms. The average molecular weight is 246 g/mol. The number of aliphatic carboxylic acids is 1. The standard InChI is InChI=1S/C16H22O2/c1-5-11(3)15(16(17)18)13(6-2)14-10-8-7-9-12(14)4/h7-11H,5-6H2,1-4H3,(H,17,18)/b15-13-. The van der Waals surface area contributed by atoms with Gasteiger partial charge in [0.15, 0.2) is 0 Å². The van der Waals surface area contributed by atoms with Gasteiger partial charge in [0.25, 0.3) is 0 Å². The Balaban J connectivity index is 3.45. The van der Waals surface area contributed by atoms with E-state index in [4.69, 9.17) is 0 Å². The molecule has 0 saturated heterocycles. The number of benzene rings is 1. The average Bonchev–Trinajstić information content (AvgIpc) is 2.35. The van der Waals surface area contributed by atoms with Crippen LogP contribution in [0.3, 0.4) is 0 Å². The number of rotatable bonds is 5. The van der Waals surface area contributed by atoms with E-state index in [1.54, 1.807) is 0 Å². The van der Waals surface area contributed by atoms with Crippen molar-refractivity contribution in [3.05, 3.63) is 41.0 Å². The van der Waals surface area contributed by atoms with Crippen LogP contribution in [0.4, 0.5) is 0 Å². The number of carboxylic acid groups (broad SMARTS) is 1. The maximum Gasteiger partial charge on any atom is 0.332 e. The van der Waals surface area contributed by atoms with E-state index >= 15 is 0 Å². The van der Waals surface area contributed by atoms with Crippen molar-refractivity contribution >= 4 is 11.5 Å². The molecule has 0 aliphatic carbocycles. The summed E-state index contributed by atoms with van der Waals surface area (Å²) < 4.78 is 0. The third-order valence-electron chi connectivity index (χ3n) is 3.48. The summed E-state index contributed by atoms with van der Waals surface area (Å²) in [7, 11) is 0. The van der Waals surface area contributed by atoms with Gasteiger partial charge < -0.3 is 5.11 Å². The van der Waals surface area contributed by atoms with Crippen molar-refractivity contribution in [2.45, 2.75) is 40.5 Å². The highest BCUT2D eigenvalue weighted by atomic mass is 16.4. The van der Waals surface area contributed by atoms with E-state index < -0.39 is 5.97 Å². The van der Waals surface area contributed by atoms with Crippen LogP contribution in [0.1, 0.15) is 44.7 Å². The van der Waals surface area contributed by atoms with Crippen LogP contribution in [0.25, 0.3) is 5.57 Å². The van der Waals surface area contributed by atoms with Crippen LogP contribution in [0.5, 0.6) is 0 Å². The summed E-state index contributed by atoms with van der Waals surface area (Å²) >= 11 is 0. The van der Waals surface area contributed by atoms with Crippen molar-refractivity contribution in [1.29, 1.82) is 0 Å². The molecule has 1 atom stereocenters. The minimum atomic E-state index is -0.788. The molecule has 0 aliphatic heterocycles. The second kappa shape index (κ2) is 6.39. The van der Waals surface area contributed by atoms with Crippen LogP contribution < -0.4 is 0 Å². The van der Waals surface area contributed by atoms with E-state index in [1.807, 2.05) is 52.0 Å². The zero-order valence-electron chi connectivity index (χ0n) is 11.7. The number of aryl methyl sites for hydroxylation is 1. The molecule has 2 nitrogen and oxygen atoms in total. The van der Waals surface area contributed by atoms with Crippen molar-refractivity contribution in [3.63, 3.8) is 0 Å². The normalized spacial score (nSPS) is 14.0. The molecule has 0 heterocycles. The summed E-state index contributed by atoms with van der Waals surface area (Å²) in [6.07, 6.45) is 1.59. The number of allylic oxidation sites excluding steroid dienone is 1. The SMILES string of the molecule is CC/C(=C(/C(=O)O)C(C)CC)c1ccccc1C. The largest absolute Gasteiger partial charge is 0.478 e. The molecule has 1 aromatic rings. The summed E-state index contributed by atoms with van der Waals surface area (Å²) in [5, 5.41) is 9.47. The molecule has 18 heavy (non-hydrogen) atoms. The third kappa shape index (κ3) is 3.00. The van der Waals surface area contributed by atoms with Gasteiger partial charge in [-0.2, -0.15) is 0 Å². The second-order valence-corrected chi connectivity index (χ2v) is 4.68. The molecule has 0 spiro atoms. The highest BCUT2D eigenvalue weighted by molar-refractivity contribution is 5.97. The van der Waals surface area contributed by atoms with E-state index in [-0.39, 0.29) is 5.92 Å². The zero-order valence-corrected chi connectivity index (χ0v) is 11.7. The molecule has 1 N–H and O–H groups in total. The van der Waals surface area contributed by atoms with Gasteiger partial charge in [0.05, 0.1) is 0 Å². The van der Waals surface area contributed by atoms with E-state index in [0.717, 1.165) is 29.5 Å². The fourth-order valence-corrected chi connectivity index (χ4v) is 2.28. The number of carbonyl (C=O) groups is 1. The molecule has 0 aromatic heterocycles. The molecule has 1 rings (SSSR count). The minimum absolute atomic E-state index is 0.0806. The minimum Gasteiger partial charge on any atom is -0.478 e. The molecule has 0 radical (unpaired) electrons. The lowest BCUT2D eigenvalue weighted by molar-refractivity contribution is -0.133. The molecule has 0 amide bonds. The first kappa shape index (κ1) is 14.5. The molecule has 1 unspecified atom stereocenters. The summed E-state index contributed by atoms with van der Waals surface area (Å²) in [4.78, 5) is 11.5. The Morgan fingerprint density at radius 1 is 1.28 bits per heavy atom. The molecule has 0 aliphatic rings. The van der Waals surface area contributed by atoms with Crippen LogP contribution in [-0.4, -0.2) is 11.1 Å². The number of hydrogen-bond acceptors (Lipinski definition) is 1. The van der Waals surface area contributed by atoms with Gasteiger partial charge >= 0.3 is 5.97 Å². The Morgan fingerprint density at radius 2 is 1.89 bits per heavy atom. The highest BCUT2D eigenvalue weighted by Crippen LogP contribution is 2.30. The number of hydrogen-bond donors (Lipinski definition) is 1. The van der Waals surface area contributed by atoms with E-state index in [2.05, 4.69) is 0 Å². The van der Waals surface area contributed by atoms with Gasteiger partial charge in [-0.3, -0.25) is 0 Å². The van der Waals surface area contributed by atoms with Crippen LogP contribution in [-0.2, 0) is 4.79 Å². The first-order chi connectivity index (χ1) is 8.52. The molecule has 0 bridgehead atoms. The van der Waals surface area contributed by atoms with Gasteiger partial charge in [0, 0.05) is 5.57 Å². The lowest BCUT2D eigenvalue weighted by Gasteiger charge is -2.17. The van der Waals surface area contributed by atoms with Crippen molar-refractivity contribution < 1.29 is 9.90 Å². The summed E-state index contributed by atoms with van der Waals surface area (Å²) in [5.74, 6) is -0.707. The van der Waals surface area contributed by atoms with Gasteiger partial charge in [-0.05, 0) is 42.4 Å². The Morgan fingerprint density at radius 3 is 2.33 bits per heavy atom. The zero-order chi connectivity index (χ0) is 13.7. The van der Waals surface area contributed by atoms with Gasteiger partial charge in [-0.1, -0.05) is 45.0 Å².